The van der Waals surface area contributed by atoms with Crippen molar-refractivity contribution >= 4 is 28.9 Å². The highest BCUT2D eigenvalue weighted by Crippen LogP contribution is 2.26. The van der Waals surface area contributed by atoms with Crippen LogP contribution < -0.4 is 20.1 Å². The number of nitrogens with one attached hydrogen (secondary N) is 2. The van der Waals surface area contributed by atoms with E-state index in [0.717, 1.165) is 17.0 Å². The molecule has 0 saturated heterocycles. The topological polar surface area (TPSA) is 59.6 Å². The minimum atomic E-state index is -0.367. The van der Waals surface area contributed by atoms with E-state index < -0.39 is 0 Å². The van der Waals surface area contributed by atoms with E-state index in [-0.39, 0.29) is 18.3 Å². The van der Waals surface area contributed by atoms with Crippen LogP contribution in [-0.2, 0) is 11.3 Å². The first kappa shape index (κ1) is 21.5. The first-order valence-electron chi connectivity index (χ1n) is 9.47. The van der Waals surface area contributed by atoms with Crippen LogP contribution in [0.25, 0.3) is 0 Å². The van der Waals surface area contributed by atoms with E-state index in [9.17, 15) is 9.18 Å². The van der Waals surface area contributed by atoms with Crippen LogP contribution in [0.5, 0.6) is 11.5 Å². The van der Waals surface area contributed by atoms with E-state index in [0.29, 0.717) is 29.6 Å². The van der Waals surface area contributed by atoms with E-state index in [2.05, 4.69) is 10.6 Å². The third-order valence-corrected chi connectivity index (χ3v) is 4.44. The van der Waals surface area contributed by atoms with Gasteiger partial charge in [0.25, 0.3) is 5.91 Å². The third-order valence-electron chi connectivity index (χ3n) is 4.14. The first-order chi connectivity index (χ1) is 14.5. The molecular weight excluding hydrogens is 407 g/mol. The van der Waals surface area contributed by atoms with Crippen molar-refractivity contribution < 1.29 is 18.7 Å². The molecule has 156 valence electrons. The van der Waals surface area contributed by atoms with Gasteiger partial charge in [-0.3, -0.25) is 4.79 Å². The standard InChI is InChI=1S/C23H22ClFN2O3/c1-2-29-20-10-8-18(9-11-20)26-14-16-3-12-22(21(24)13-16)30-15-23(28)27-19-6-4-17(25)5-7-19/h3-13,26H,2,14-15H2,1H3,(H,27,28). The normalized spacial score (nSPS) is 10.4. The SMILES string of the molecule is CCOc1ccc(NCc2ccc(OCC(=O)Nc3ccc(F)cc3)c(Cl)c2)cc1. The Morgan fingerprint density at radius 2 is 1.67 bits per heavy atom. The molecule has 0 aromatic heterocycles. The molecule has 1 amide bonds. The summed E-state index contributed by atoms with van der Waals surface area (Å²) < 4.78 is 23.8. The largest absolute Gasteiger partial charge is 0.494 e. The lowest BCUT2D eigenvalue weighted by atomic mass is 10.2. The molecular formula is C23H22ClFN2O3. The van der Waals surface area contributed by atoms with Gasteiger partial charge in [-0.25, -0.2) is 4.39 Å². The summed E-state index contributed by atoms with van der Waals surface area (Å²) in [5.74, 6) is 0.513. The zero-order valence-corrected chi connectivity index (χ0v) is 17.2. The second-order valence-corrected chi connectivity index (χ2v) is 6.83. The summed E-state index contributed by atoms with van der Waals surface area (Å²) in [6, 6.07) is 18.6. The van der Waals surface area contributed by atoms with Crippen LogP contribution in [-0.4, -0.2) is 19.1 Å². The molecule has 0 unspecified atom stereocenters. The van der Waals surface area contributed by atoms with Gasteiger partial charge in [0.1, 0.15) is 17.3 Å². The van der Waals surface area contributed by atoms with E-state index >= 15 is 0 Å². The van der Waals surface area contributed by atoms with Crippen LogP contribution in [0.15, 0.2) is 66.7 Å². The summed E-state index contributed by atoms with van der Waals surface area (Å²) in [5.41, 5.74) is 2.43. The number of carbonyl (C=O) groups excluding carboxylic acids is 1. The van der Waals surface area contributed by atoms with E-state index in [4.69, 9.17) is 21.1 Å². The molecule has 0 saturated carbocycles. The maximum atomic E-state index is 12.9. The number of hydrogen-bond donors (Lipinski definition) is 2. The van der Waals surface area contributed by atoms with Crippen molar-refractivity contribution in [3.05, 3.63) is 83.1 Å². The quantitative estimate of drug-likeness (QED) is 0.472. The number of benzene rings is 3. The lowest BCUT2D eigenvalue weighted by molar-refractivity contribution is -0.118. The number of amides is 1. The molecule has 30 heavy (non-hydrogen) atoms. The van der Waals surface area contributed by atoms with Gasteiger partial charge in [-0.2, -0.15) is 0 Å². The summed E-state index contributed by atoms with van der Waals surface area (Å²) in [7, 11) is 0. The van der Waals surface area contributed by atoms with Gasteiger partial charge in [-0.1, -0.05) is 17.7 Å². The van der Waals surface area contributed by atoms with Crippen molar-refractivity contribution in [1.82, 2.24) is 0 Å². The summed E-state index contributed by atoms with van der Waals surface area (Å²) >= 11 is 6.29. The van der Waals surface area contributed by atoms with Crippen LogP contribution >= 0.6 is 11.6 Å². The zero-order valence-electron chi connectivity index (χ0n) is 16.5. The lowest BCUT2D eigenvalue weighted by Crippen LogP contribution is -2.20. The Morgan fingerprint density at radius 1 is 0.967 bits per heavy atom. The van der Waals surface area contributed by atoms with Crippen molar-refractivity contribution in [2.75, 3.05) is 23.8 Å². The highest BCUT2D eigenvalue weighted by Gasteiger charge is 2.08. The molecule has 0 aliphatic carbocycles. The van der Waals surface area contributed by atoms with Crippen LogP contribution in [0.1, 0.15) is 12.5 Å². The molecule has 0 atom stereocenters. The molecule has 0 spiro atoms. The zero-order chi connectivity index (χ0) is 21.3. The molecule has 2 N–H and O–H groups in total. The Morgan fingerprint density at radius 3 is 2.33 bits per heavy atom. The van der Waals surface area contributed by atoms with Gasteiger partial charge in [0.05, 0.1) is 11.6 Å². The molecule has 0 radical (unpaired) electrons. The number of ether oxygens (including phenoxy) is 2. The summed E-state index contributed by atoms with van der Waals surface area (Å²) in [4.78, 5) is 12.0. The second kappa shape index (κ2) is 10.5. The average molecular weight is 429 g/mol. The van der Waals surface area contributed by atoms with Gasteiger partial charge >= 0.3 is 0 Å². The molecule has 3 rings (SSSR count). The molecule has 5 nitrogen and oxygen atoms in total. The Labute approximate surface area is 179 Å². The number of halogens is 2. The number of anilines is 2. The van der Waals surface area contributed by atoms with Crippen molar-refractivity contribution in [1.29, 1.82) is 0 Å². The molecule has 3 aromatic rings. The summed E-state index contributed by atoms with van der Waals surface area (Å²) in [5, 5.41) is 6.35. The number of carbonyl (C=O) groups is 1. The predicted molar refractivity (Wildman–Crippen MR) is 117 cm³/mol. The van der Waals surface area contributed by atoms with Crippen molar-refractivity contribution in [3.63, 3.8) is 0 Å². The Hall–Kier alpha value is -3.25. The smallest absolute Gasteiger partial charge is 0.262 e. The Bertz CT molecular complexity index is 979. The fourth-order valence-electron chi connectivity index (χ4n) is 2.68. The highest BCUT2D eigenvalue weighted by atomic mass is 35.5. The van der Waals surface area contributed by atoms with Crippen LogP contribution in [0, 0.1) is 5.82 Å². The maximum absolute atomic E-state index is 12.9. The van der Waals surface area contributed by atoms with Gasteiger partial charge < -0.3 is 20.1 Å². The van der Waals surface area contributed by atoms with Gasteiger partial charge in [-0.05, 0) is 73.2 Å². The minimum absolute atomic E-state index is 0.207. The summed E-state index contributed by atoms with van der Waals surface area (Å²) in [6.07, 6.45) is 0. The molecule has 7 heteroatoms. The number of hydrogen-bond acceptors (Lipinski definition) is 4. The lowest BCUT2D eigenvalue weighted by Gasteiger charge is -2.11. The molecule has 0 aliphatic rings. The van der Waals surface area contributed by atoms with Crippen LogP contribution in [0.4, 0.5) is 15.8 Å². The molecule has 0 heterocycles. The van der Waals surface area contributed by atoms with Crippen molar-refractivity contribution in [2.24, 2.45) is 0 Å². The molecule has 3 aromatic carbocycles. The third kappa shape index (κ3) is 6.39. The average Bonchev–Trinajstić information content (AvgIpc) is 2.74. The van der Waals surface area contributed by atoms with Gasteiger partial charge in [0.15, 0.2) is 6.61 Å². The van der Waals surface area contributed by atoms with Gasteiger partial charge in [0.2, 0.25) is 0 Å². The molecule has 0 bridgehead atoms. The predicted octanol–water partition coefficient (Wildman–Crippen LogP) is 5.51. The first-order valence-corrected chi connectivity index (χ1v) is 9.84. The monoisotopic (exact) mass is 428 g/mol. The van der Waals surface area contributed by atoms with Crippen LogP contribution in [0.2, 0.25) is 5.02 Å². The second-order valence-electron chi connectivity index (χ2n) is 6.42. The fraction of sp³-hybridized carbons (Fsp3) is 0.174. The summed E-state index contributed by atoms with van der Waals surface area (Å²) in [6.45, 7) is 2.95. The van der Waals surface area contributed by atoms with Crippen molar-refractivity contribution in [2.45, 2.75) is 13.5 Å². The van der Waals surface area contributed by atoms with Gasteiger partial charge in [0, 0.05) is 17.9 Å². The fourth-order valence-corrected chi connectivity index (χ4v) is 2.94. The van der Waals surface area contributed by atoms with Crippen LogP contribution in [0.3, 0.4) is 0 Å². The van der Waals surface area contributed by atoms with E-state index in [1.807, 2.05) is 37.3 Å². The van der Waals surface area contributed by atoms with E-state index in [1.54, 1.807) is 12.1 Å². The Balaban J connectivity index is 1.49. The number of rotatable bonds is 9. The maximum Gasteiger partial charge on any atom is 0.262 e. The highest BCUT2D eigenvalue weighted by molar-refractivity contribution is 6.32. The molecule has 0 fully saturated rings. The van der Waals surface area contributed by atoms with Crippen molar-refractivity contribution in [3.8, 4) is 11.5 Å². The molecule has 0 aliphatic heterocycles. The van der Waals surface area contributed by atoms with Gasteiger partial charge in [-0.15, -0.1) is 0 Å². The Kier molecular flexibility index (Phi) is 7.51. The minimum Gasteiger partial charge on any atom is -0.494 e. The van der Waals surface area contributed by atoms with E-state index in [1.165, 1.54) is 24.3 Å².